The number of hydrogen-bond donors (Lipinski definition) is 0. The summed E-state index contributed by atoms with van der Waals surface area (Å²) < 4.78 is 14.7. The highest BCUT2D eigenvalue weighted by atomic mass is 79.9. The van der Waals surface area contributed by atoms with Crippen molar-refractivity contribution < 1.29 is 9.18 Å². The molecule has 2 aromatic carbocycles. The van der Waals surface area contributed by atoms with Crippen LogP contribution in [0.5, 0.6) is 0 Å². The van der Waals surface area contributed by atoms with Crippen molar-refractivity contribution in [2.24, 2.45) is 0 Å². The summed E-state index contributed by atoms with van der Waals surface area (Å²) in [5.74, 6) is -0.650. The van der Waals surface area contributed by atoms with Gasteiger partial charge in [-0.3, -0.25) is 4.79 Å². The standard InChI is InChI=1S/C15H11BrClFO/c1-9-7-10(5-6-12(9)16)14(19)8-11-3-2-4-13(17)15(11)18/h2-7H,8H2,1H3. The fourth-order valence-electron chi connectivity index (χ4n) is 1.78. The van der Waals surface area contributed by atoms with Crippen LogP contribution in [0.1, 0.15) is 21.5 Å². The quantitative estimate of drug-likeness (QED) is 0.720. The molecule has 0 unspecified atom stereocenters. The van der Waals surface area contributed by atoms with Gasteiger partial charge in [0.2, 0.25) is 0 Å². The maximum atomic E-state index is 13.7. The molecule has 0 aliphatic heterocycles. The van der Waals surface area contributed by atoms with E-state index in [4.69, 9.17) is 11.6 Å². The second-order valence-corrected chi connectivity index (χ2v) is 5.54. The Balaban J connectivity index is 2.26. The largest absolute Gasteiger partial charge is 0.294 e. The molecule has 0 saturated carbocycles. The van der Waals surface area contributed by atoms with Gasteiger partial charge < -0.3 is 0 Å². The highest BCUT2D eigenvalue weighted by molar-refractivity contribution is 9.10. The van der Waals surface area contributed by atoms with Gasteiger partial charge in [0.15, 0.2) is 5.78 Å². The van der Waals surface area contributed by atoms with E-state index in [0.717, 1.165) is 10.0 Å². The number of halogens is 3. The van der Waals surface area contributed by atoms with Crippen LogP contribution in [0, 0.1) is 12.7 Å². The fourth-order valence-corrected chi connectivity index (χ4v) is 2.22. The molecule has 2 rings (SSSR count). The first kappa shape index (κ1) is 14.2. The fraction of sp³-hybridized carbons (Fsp3) is 0.133. The zero-order valence-corrected chi connectivity index (χ0v) is 12.6. The van der Waals surface area contributed by atoms with Gasteiger partial charge in [-0.05, 0) is 36.2 Å². The zero-order valence-electron chi connectivity index (χ0n) is 10.2. The van der Waals surface area contributed by atoms with Crippen LogP contribution in [0.3, 0.4) is 0 Å². The minimum atomic E-state index is -0.522. The second kappa shape index (κ2) is 5.85. The molecule has 0 aliphatic rings. The molecule has 0 spiro atoms. The minimum absolute atomic E-state index is 0.00741. The van der Waals surface area contributed by atoms with Gasteiger partial charge in [-0.2, -0.15) is 0 Å². The molecule has 0 fully saturated rings. The maximum Gasteiger partial charge on any atom is 0.167 e. The molecule has 0 radical (unpaired) electrons. The Bertz CT molecular complexity index is 640. The normalized spacial score (nSPS) is 10.5. The van der Waals surface area contributed by atoms with Crippen LogP contribution in [-0.4, -0.2) is 5.78 Å². The number of aryl methyl sites for hydroxylation is 1. The summed E-state index contributed by atoms with van der Waals surface area (Å²) in [5.41, 5.74) is 1.86. The molecular formula is C15H11BrClFO. The summed E-state index contributed by atoms with van der Waals surface area (Å²) in [6.45, 7) is 1.90. The van der Waals surface area contributed by atoms with Crippen LogP contribution < -0.4 is 0 Å². The van der Waals surface area contributed by atoms with Crippen molar-refractivity contribution in [2.75, 3.05) is 0 Å². The molecule has 0 aromatic heterocycles. The molecule has 0 amide bonds. The molecule has 0 atom stereocenters. The second-order valence-electron chi connectivity index (χ2n) is 4.28. The first-order valence-electron chi connectivity index (χ1n) is 5.71. The third-order valence-corrected chi connectivity index (χ3v) is 4.04. The van der Waals surface area contributed by atoms with Gasteiger partial charge >= 0.3 is 0 Å². The van der Waals surface area contributed by atoms with Gasteiger partial charge in [0.05, 0.1) is 5.02 Å². The van der Waals surface area contributed by atoms with E-state index in [9.17, 15) is 9.18 Å². The van der Waals surface area contributed by atoms with E-state index < -0.39 is 5.82 Å². The van der Waals surface area contributed by atoms with Crippen LogP contribution in [0.4, 0.5) is 4.39 Å². The van der Waals surface area contributed by atoms with Crippen molar-refractivity contribution in [3.63, 3.8) is 0 Å². The number of carbonyl (C=O) groups excluding carboxylic acids is 1. The first-order valence-corrected chi connectivity index (χ1v) is 6.88. The molecule has 0 N–H and O–H groups in total. The predicted octanol–water partition coefficient (Wildman–Crippen LogP) is 4.98. The Morgan fingerprint density at radius 1 is 1.32 bits per heavy atom. The molecule has 1 nitrogen and oxygen atoms in total. The first-order chi connectivity index (χ1) is 8.99. The van der Waals surface area contributed by atoms with Gasteiger partial charge in [-0.1, -0.05) is 45.7 Å². The maximum absolute atomic E-state index is 13.7. The summed E-state index contributed by atoms with van der Waals surface area (Å²) in [4.78, 5) is 12.1. The molecule has 0 heterocycles. The van der Waals surface area contributed by atoms with E-state index in [1.54, 1.807) is 24.3 Å². The van der Waals surface area contributed by atoms with Crippen molar-refractivity contribution in [2.45, 2.75) is 13.3 Å². The Labute approximate surface area is 124 Å². The lowest BCUT2D eigenvalue weighted by Gasteiger charge is -2.06. The summed E-state index contributed by atoms with van der Waals surface area (Å²) in [6, 6.07) is 10.0. The number of benzene rings is 2. The SMILES string of the molecule is Cc1cc(C(=O)Cc2cccc(Cl)c2F)ccc1Br. The van der Waals surface area contributed by atoms with Gasteiger partial charge in [0.1, 0.15) is 5.82 Å². The molecule has 19 heavy (non-hydrogen) atoms. The zero-order chi connectivity index (χ0) is 14.0. The predicted molar refractivity (Wildman–Crippen MR) is 78.3 cm³/mol. The Kier molecular flexibility index (Phi) is 4.38. The molecule has 0 bridgehead atoms. The van der Waals surface area contributed by atoms with Gasteiger partial charge in [-0.15, -0.1) is 0 Å². The van der Waals surface area contributed by atoms with E-state index in [2.05, 4.69) is 15.9 Å². The lowest BCUT2D eigenvalue weighted by molar-refractivity contribution is 0.0991. The summed E-state index contributed by atoms with van der Waals surface area (Å²) >= 11 is 9.07. The number of carbonyl (C=O) groups is 1. The van der Waals surface area contributed by atoms with Gasteiger partial charge in [0.25, 0.3) is 0 Å². The third kappa shape index (κ3) is 3.23. The van der Waals surface area contributed by atoms with Gasteiger partial charge in [0, 0.05) is 16.5 Å². The number of rotatable bonds is 3. The molecular weight excluding hydrogens is 331 g/mol. The Morgan fingerprint density at radius 2 is 2.05 bits per heavy atom. The van der Waals surface area contributed by atoms with Crippen molar-refractivity contribution >= 4 is 33.3 Å². The Morgan fingerprint density at radius 3 is 2.74 bits per heavy atom. The summed E-state index contributed by atoms with van der Waals surface area (Å²) in [7, 11) is 0. The van der Waals surface area contributed by atoms with Gasteiger partial charge in [-0.25, -0.2) is 4.39 Å². The molecule has 0 aliphatic carbocycles. The molecule has 2 aromatic rings. The molecule has 4 heteroatoms. The topological polar surface area (TPSA) is 17.1 Å². The third-order valence-electron chi connectivity index (χ3n) is 2.86. The van der Waals surface area contributed by atoms with Crippen LogP contribution in [0.15, 0.2) is 40.9 Å². The lowest BCUT2D eigenvalue weighted by atomic mass is 10.0. The van der Waals surface area contributed by atoms with Crippen LogP contribution in [0.25, 0.3) is 0 Å². The van der Waals surface area contributed by atoms with Crippen molar-refractivity contribution in [1.82, 2.24) is 0 Å². The molecule has 0 saturated heterocycles. The van der Waals surface area contributed by atoms with E-state index in [1.807, 2.05) is 13.0 Å². The number of Topliss-reactive ketones (excluding diaryl/α,β-unsaturated/α-hetero) is 1. The van der Waals surface area contributed by atoms with E-state index in [0.29, 0.717) is 11.1 Å². The van der Waals surface area contributed by atoms with Crippen LogP contribution >= 0.6 is 27.5 Å². The van der Waals surface area contributed by atoms with Crippen molar-refractivity contribution in [3.05, 3.63) is 68.4 Å². The lowest BCUT2D eigenvalue weighted by Crippen LogP contribution is -2.05. The minimum Gasteiger partial charge on any atom is -0.294 e. The average molecular weight is 342 g/mol. The van der Waals surface area contributed by atoms with Crippen LogP contribution in [-0.2, 0) is 6.42 Å². The summed E-state index contributed by atoms with van der Waals surface area (Å²) in [6.07, 6.45) is 0.00741. The number of hydrogen-bond acceptors (Lipinski definition) is 1. The smallest absolute Gasteiger partial charge is 0.167 e. The van der Waals surface area contributed by atoms with E-state index >= 15 is 0 Å². The van der Waals surface area contributed by atoms with E-state index in [1.165, 1.54) is 6.07 Å². The average Bonchev–Trinajstić information content (AvgIpc) is 2.38. The highest BCUT2D eigenvalue weighted by Gasteiger charge is 2.13. The van der Waals surface area contributed by atoms with Crippen molar-refractivity contribution in [1.29, 1.82) is 0 Å². The van der Waals surface area contributed by atoms with E-state index in [-0.39, 0.29) is 17.2 Å². The number of ketones is 1. The summed E-state index contributed by atoms with van der Waals surface area (Å²) in [5, 5.41) is 0.0392. The highest BCUT2D eigenvalue weighted by Crippen LogP contribution is 2.21. The molecule has 98 valence electrons. The van der Waals surface area contributed by atoms with Crippen LogP contribution in [0.2, 0.25) is 5.02 Å². The Hall–Kier alpha value is -1.19. The van der Waals surface area contributed by atoms with Crippen molar-refractivity contribution in [3.8, 4) is 0 Å². The monoisotopic (exact) mass is 340 g/mol.